The van der Waals surface area contributed by atoms with Gasteiger partial charge >= 0.3 is 0 Å². The molecule has 4 saturated carbocycles. The molecule has 18 heavy (non-hydrogen) atoms. The minimum absolute atomic E-state index is 0.767. The molecule has 4 fully saturated rings. The molecule has 4 aliphatic carbocycles. The molecule has 0 unspecified atom stereocenters. The Balaban J connectivity index is 1.59. The zero-order valence-corrected chi connectivity index (χ0v) is 12.2. The van der Waals surface area contributed by atoms with Crippen molar-refractivity contribution in [3.63, 3.8) is 0 Å². The molecule has 4 aliphatic rings. The maximum absolute atomic E-state index is 2.63. The number of fused-ring (bicyclic) bond motifs is 5. The molecule has 0 nitrogen and oxygen atoms in total. The van der Waals surface area contributed by atoms with E-state index < -0.39 is 0 Å². The third kappa shape index (κ3) is 1.63. The first-order valence-electron chi connectivity index (χ1n) is 8.78. The summed E-state index contributed by atoms with van der Waals surface area (Å²) < 4.78 is 0. The summed E-state index contributed by atoms with van der Waals surface area (Å²) in [5.74, 6) is 5.72. The summed E-state index contributed by atoms with van der Waals surface area (Å²) in [5.41, 5.74) is 0.767. The van der Waals surface area contributed by atoms with Gasteiger partial charge in [0.2, 0.25) is 0 Å². The van der Waals surface area contributed by atoms with Crippen molar-refractivity contribution in [2.24, 2.45) is 35.0 Å². The van der Waals surface area contributed by atoms with E-state index in [9.17, 15) is 0 Å². The van der Waals surface area contributed by atoms with Crippen molar-refractivity contribution in [2.75, 3.05) is 0 Å². The van der Waals surface area contributed by atoms with Crippen molar-refractivity contribution in [3.8, 4) is 0 Å². The SMILES string of the molecule is C[C@@]12CCC[C@H]1[C@@H]1CC[C@H]3CCCC[C@@H]3[C@H]1CC2. The second-order valence-electron chi connectivity index (χ2n) is 8.30. The van der Waals surface area contributed by atoms with Crippen molar-refractivity contribution in [1.82, 2.24) is 0 Å². The Bertz CT molecular complexity index is 320. The smallest absolute Gasteiger partial charge is 0.0295 e. The molecule has 0 heterocycles. The maximum atomic E-state index is 2.63. The van der Waals surface area contributed by atoms with E-state index >= 15 is 0 Å². The Morgan fingerprint density at radius 3 is 2.50 bits per heavy atom. The second-order valence-corrected chi connectivity index (χ2v) is 8.30. The van der Waals surface area contributed by atoms with Crippen LogP contribution >= 0.6 is 0 Å². The van der Waals surface area contributed by atoms with E-state index in [2.05, 4.69) is 6.92 Å². The van der Waals surface area contributed by atoms with E-state index in [4.69, 9.17) is 0 Å². The summed E-state index contributed by atoms with van der Waals surface area (Å²) in [6.07, 6.45) is 17.3. The van der Waals surface area contributed by atoms with Crippen molar-refractivity contribution in [1.29, 1.82) is 0 Å². The molecule has 6 atom stereocenters. The van der Waals surface area contributed by atoms with Crippen LogP contribution < -0.4 is 0 Å². The molecule has 4 rings (SSSR count). The highest BCUT2D eigenvalue weighted by atomic mass is 14.6. The van der Waals surface area contributed by atoms with Crippen LogP contribution in [0, 0.1) is 35.0 Å². The van der Waals surface area contributed by atoms with E-state index in [1.165, 1.54) is 0 Å². The van der Waals surface area contributed by atoms with Crippen LogP contribution in [0.25, 0.3) is 0 Å². The van der Waals surface area contributed by atoms with Gasteiger partial charge in [-0.05, 0) is 80.0 Å². The first kappa shape index (κ1) is 11.8. The lowest BCUT2D eigenvalue weighted by Crippen LogP contribution is -2.46. The van der Waals surface area contributed by atoms with Crippen molar-refractivity contribution < 1.29 is 0 Å². The molecule has 0 aromatic rings. The third-order valence-corrected chi connectivity index (χ3v) is 7.66. The minimum Gasteiger partial charge on any atom is -0.0594 e. The van der Waals surface area contributed by atoms with Crippen LogP contribution in [-0.2, 0) is 0 Å². The highest BCUT2D eigenvalue weighted by molar-refractivity contribution is 5.02. The van der Waals surface area contributed by atoms with Gasteiger partial charge in [-0.25, -0.2) is 0 Å². The molecule has 0 saturated heterocycles. The number of hydrogen-bond acceptors (Lipinski definition) is 0. The monoisotopic (exact) mass is 246 g/mol. The fourth-order valence-electron chi connectivity index (χ4n) is 6.82. The van der Waals surface area contributed by atoms with Crippen LogP contribution in [0.4, 0.5) is 0 Å². The van der Waals surface area contributed by atoms with E-state index in [-0.39, 0.29) is 0 Å². The van der Waals surface area contributed by atoms with E-state index in [1.54, 1.807) is 70.6 Å². The fourth-order valence-corrected chi connectivity index (χ4v) is 6.82. The Hall–Kier alpha value is 0. The number of rotatable bonds is 0. The largest absolute Gasteiger partial charge is 0.0594 e. The normalized spacial score (nSPS) is 55.5. The first-order chi connectivity index (χ1) is 8.78. The Morgan fingerprint density at radius 2 is 1.56 bits per heavy atom. The highest BCUT2D eigenvalue weighted by Gasteiger charge is 2.52. The van der Waals surface area contributed by atoms with E-state index in [0.29, 0.717) is 0 Å². The molecule has 0 amide bonds. The first-order valence-corrected chi connectivity index (χ1v) is 8.78. The van der Waals surface area contributed by atoms with Crippen LogP contribution in [0.5, 0.6) is 0 Å². The second kappa shape index (κ2) is 4.25. The van der Waals surface area contributed by atoms with Crippen LogP contribution in [0.15, 0.2) is 0 Å². The lowest BCUT2D eigenvalue weighted by Gasteiger charge is -2.54. The van der Waals surface area contributed by atoms with Crippen LogP contribution in [0.1, 0.15) is 77.6 Å². The molecule has 0 radical (unpaired) electrons. The predicted molar refractivity (Wildman–Crippen MR) is 76.3 cm³/mol. The quantitative estimate of drug-likeness (QED) is 0.535. The Kier molecular flexibility index (Phi) is 2.79. The molecule has 0 bridgehead atoms. The van der Waals surface area contributed by atoms with Gasteiger partial charge in [0.05, 0.1) is 0 Å². The molecule has 0 heteroatoms. The maximum Gasteiger partial charge on any atom is -0.0295 e. The molecule has 0 aliphatic heterocycles. The lowest BCUT2D eigenvalue weighted by molar-refractivity contribution is -0.0492. The van der Waals surface area contributed by atoms with Gasteiger partial charge in [0.25, 0.3) is 0 Å². The van der Waals surface area contributed by atoms with Crippen molar-refractivity contribution >= 4 is 0 Å². The standard InChI is InChI=1S/C18H30/c1-18-11-4-7-17(18)16-9-8-13-5-2-3-6-14(13)15(16)10-12-18/h13-17H,2-12H2,1H3/t13-,14+,15-,16-,17+,18+/m1/s1. The van der Waals surface area contributed by atoms with E-state index in [1.807, 2.05) is 0 Å². The predicted octanol–water partition coefficient (Wildman–Crippen LogP) is 5.42. The molecule has 0 aromatic heterocycles. The number of hydrogen-bond donors (Lipinski definition) is 0. The highest BCUT2D eigenvalue weighted by Crippen LogP contribution is 2.62. The average Bonchev–Trinajstić information content (AvgIpc) is 2.80. The zero-order valence-electron chi connectivity index (χ0n) is 12.2. The van der Waals surface area contributed by atoms with Crippen molar-refractivity contribution in [2.45, 2.75) is 77.6 Å². The van der Waals surface area contributed by atoms with Gasteiger partial charge in [0, 0.05) is 0 Å². The van der Waals surface area contributed by atoms with Crippen LogP contribution in [0.3, 0.4) is 0 Å². The Morgan fingerprint density at radius 1 is 0.667 bits per heavy atom. The van der Waals surface area contributed by atoms with Gasteiger partial charge < -0.3 is 0 Å². The van der Waals surface area contributed by atoms with Gasteiger partial charge in [-0.15, -0.1) is 0 Å². The van der Waals surface area contributed by atoms with Gasteiger partial charge in [0.15, 0.2) is 0 Å². The van der Waals surface area contributed by atoms with Crippen LogP contribution in [0.2, 0.25) is 0 Å². The molecule has 0 aromatic carbocycles. The summed E-state index contributed by atoms with van der Waals surface area (Å²) in [6, 6.07) is 0. The molecule has 0 N–H and O–H groups in total. The summed E-state index contributed by atoms with van der Waals surface area (Å²) in [6.45, 7) is 2.63. The molecule has 102 valence electrons. The summed E-state index contributed by atoms with van der Waals surface area (Å²) >= 11 is 0. The molecule has 0 spiro atoms. The van der Waals surface area contributed by atoms with E-state index in [0.717, 1.165) is 35.0 Å². The van der Waals surface area contributed by atoms with Crippen molar-refractivity contribution in [3.05, 3.63) is 0 Å². The summed E-state index contributed by atoms with van der Waals surface area (Å²) in [5, 5.41) is 0. The summed E-state index contributed by atoms with van der Waals surface area (Å²) in [4.78, 5) is 0. The average molecular weight is 246 g/mol. The van der Waals surface area contributed by atoms with Crippen LogP contribution in [-0.4, -0.2) is 0 Å². The minimum atomic E-state index is 0.767. The molecular weight excluding hydrogens is 216 g/mol. The van der Waals surface area contributed by atoms with Gasteiger partial charge in [-0.3, -0.25) is 0 Å². The topological polar surface area (TPSA) is 0 Å². The van der Waals surface area contributed by atoms with Gasteiger partial charge in [-0.2, -0.15) is 0 Å². The fraction of sp³-hybridized carbons (Fsp3) is 1.00. The summed E-state index contributed by atoms with van der Waals surface area (Å²) in [7, 11) is 0. The van der Waals surface area contributed by atoms with Gasteiger partial charge in [0.1, 0.15) is 0 Å². The van der Waals surface area contributed by atoms with Gasteiger partial charge in [-0.1, -0.05) is 32.6 Å². The Labute approximate surface area is 113 Å². The molecular formula is C18H30. The zero-order chi connectivity index (χ0) is 12.2. The third-order valence-electron chi connectivity index (χ3n) is 7.66. The lowest BCUT2D eigenvalue weighted by atomic mass is 9.51.